The third-order valence-corrected chi connectivity index (χ3v) is 6.18. The molecule has 0 amide bonds. The molecule has 0 saturated carbocycles. The fourth-order valence-electron chi connectivity index (χ4n) is 3.24. The van der Waals surface area contributed by atoms with Crippen LogP contribution < -0.4 is 14.8 Å². The Hall–Kier alpha value is -3.34. The maximum atomic E-state index is 13.0. The Morgan fingerprint density at radius 2 is 1.33 bits per heavy atom. The lowest BCUT2D eigenvalue weighted by molar-refractivity contribution is -0.188. The molecule has 3 atom stereocenters. The van der Waals surface area contributed by atoms with Crippen LogP contribution in [0.2, 0.25) is 0 Å². The van der Waals surface area contributed by atoms with Gasteiger partial charge in [-0.25, -0.2) is 14.4 Å². The SMILES string of the molecule is CCC(C)N[C@@](Cc1ccc(OC(=O)OCC(C)(C)C)c(OC(=O)OCC(C)(C)C)c1)(OC(=O)C(C)C(C)C)C(=O)O. The predicted molar refractivity (Wildman–Crippen MR) is 156 cm³/mol. The number of carbonyl (C=O) groups excluding carboxylic acids is 3. The van der Waals surface area contributed by atoms with Crippen LogP contribution in [0, 0.1) is 22.7 Å². The van der Waals surface area contributed by atoms with Gasteiger partial charge in [0.2, 0.25) is 0 Å². The average molecular weight is 596 g/mol. The van der Waals surface area contributed by atoms with E-state index in [1.165, 1.54) is 18.2 Å². The summed E-state index contributed by atoms with van der Waals surface area (Å²) in [6.07, 6.45) is -1.83. The number of aliphatic carboxylic acids is 1. The Morgan fingerprint density at radius 3 is 1.76 bits per heavy atom. The van der Waals surface area contributed by atoms with Crippen LogP contribution in [0.15, 0.2) is 18.2 Å². The number of esters is 1. The average Bonchev–Trinajstić information content (AvgIpc) is 2.86. The first-order valence-electron chi connectivity index (χ1n) is 14.2. The normalized spacial score (nSPS) is 14.8. The molecule has 0 spiro atoms. The molecular formula is C31H49NO10. The van der Waals surface area contributed by atoms with E-state index >= 15 is 0 Å². The van der Waals surface area contributed by atoms with Gasteiger partial charge in [-0.2, -0.15) is 0 Å². The van der Waals surface area contributed by atoms with E-state index < -0.39 is 35.9 Å². The molecule has 238 valence electrons. The Balaban J connectivity index is 3.49. The highest BCUT2D eigenvalue weighted by Crippen LogP contribution is 2.32. The fraction of sp³-hybridized carbons (Fsp3) is 0.677. The molecule has 0 heterocycles. The molecule has 0 aromatic heterocycles. The molecule has 0 bridgehead atoms. The zero-order valence-corrected chi connectivity index (χ0v) is 26.9. The predicted octanol–water partition coefficient (Wildman–Crippen LogP) is 6.36. The van der Waals surface area contributed by atoms with E-state index in [-0.39, 0.29) is 53.9 Å². The third-order valence-electron chi connectivity index (χ3n) is 6.18. The van der Waals surface area contributed by atoms with Gasteiger partial charge in [-0.05, 0) is 47.8 Å². The Labute approximate surface area is 249 Å². The molecule has 11 heteroatoms. The Kier molecular flexibility index (Phi) is 13.3. The van der Waals surface area contributed by atoms with E-state index in [1.54, 1.807) is 13.8 Å². The molecule has 1 aromatic rings. The molecule has 42 heavy (non-hydrogen) atoms. The van der Waals surface area contributed by atoms with E-state index in [1.807, 2.05) is 62.3 Å². The second-order valence-corrected chi connectivity index (χ2v) is 13.4. The number of hydrogen-bond acceptors (Lipinski definition) is 10. The summed E-state index contributed by atoms with van der Waals surface area (Å²) < 4.78 is 26.7. The van der Waals surface area contributed by atoms with Crippen molar-refractivity contribution in [1.29, 1.82) is 0 Å². The van der Waals surface area contributed by atoms with Gasteiger partial charge in [0, 0.05) is 12.5 Å². The second kappa shape index (κ2) is 15.2. The summed E-state index contributed by atoms with van der Waals surface area (Å²) in [6.45, 7) is 20.4. The topological polar surface area (TPSA) is 147 Å². The summed E-state index contributed by atoms with van der Waals surface area (Å²) in [7, 11) is 0. The fourth-order valence-corrected chi connectivity index (χ4v) is 3.24. The van der Waals surface area contributed by atoms with Gasteiger partial charge in [-0.15, -0.1) is 0 Å². The molecule has 2 unspecified atom stereocenters. The molecule has 0 aliphatic carbocycles. The third kappa shape index (κ3) is 12.7. The largest absolute Gasteiger partial charge is 0.513 e. The first kappa shape index (κ1) is 36.7. The van der Waals surface area contributed by atoms with Crippen molar-refractivity contribution in [3.63, 3.8) is 0 Å². The number of benzene rings is 1. The van der Waals surface area contributed by atoms with Crippen molar-refractivity contribution < 1.29 is 48.0 Å². The highest BCUT2D eigenvalue weighted by molar-refractivity contribution is 5.83. The summed E-state index contributed by atoms with van der Waals surface area (Å²) in [5.74, 6) is -3.07. The van der Waals surface area contributed by atoms with Gasteiger partial charge in [0.1, 0.15) is 0 Å². The maximum Gasteiger partial charge on any atom is 0.513 e. The van der Waals surface area contributed by atoms with Crippen molar-refractivity contribution in [1.82, 2.24) is 5.32 Å². The van der Waals surface area contributed by atoms with Crippen LogP contribution in [0.1, 0.15) is 88.1 Å². The number of ether oxygens (including phenoxy) is 5. The van der Waals surface area contributed by atoms with Gasteiger partial charge in [-0.3, -0.25) is 10.1 Å². The molecule has 1 aromatic carbocycles. The zero-order valence-electron chi connectivity index (χ0n) is 26.9. The molecule has 0 aliphatic heterocycles. The van der Waals surface area contributed by atoms with E-state index in [4.69, 9.17) is 23.7 Å². The Morgan fingerprint density at radius 1 is 0.833 bits per heavy atom. The molecule has 2 N–H and O–H groups in total. The highest BCUT2D eigenvalue weighted by atomic mass is 16.7. The molecule has 0 radical (unpaired) electrons. The Bertz CT molecular complexity index is 1090. The minimum absolute atomic E-state index is 0.0558. The first-order valence-corrected chi connectivity index (χ1v) is 14.2. The molecule has 1 rings (SSSR count). The van der Waals surface area contributed by atoms with Gasteiger partial charge in [0.05, 0.1) is 19.1 Å². The van der Waals surface area contributed by atoms with Crippen LogP contribution in [0.25, 0.3) is 0 Å². The van der Waals surface area contributed by atoms with Gasteiger partial charge in [0.15, 0.2) is 11.5 Å². The first-order chi connectivity index (χ1) is 19.2. The van der Waals surface area contributed by atoms with Gasteiger partial charge < -0.3 is 28.8 Å². The van der Waals surface area contributed by atoms with Crippen LogP contribution in [-0.4, -0.2) is 54.3 Å². The maximum absolute atomic E-state index is 13.0. The monoisotopic (exact) mass is 595 g/mol. The van der Waals surface area contributed by atoms with Crippen molar-refractivity contribution >= 4 is 24.2 Å². The van der Waals surface area contributed by atoms with Crippen LogP contribution >= 0.6 is 0 Å². The summed E-state index contributed by atoms with van der Waals surface area (Å²) in [6, 6.07) is 3.83. The van der Waals surface area contributed by atoms with E-state index in [0.717, 1.165) is 0 Å². The lowest BCUT2D eigenvalue weighted by atomic mass is 9.97. The number of hydrogen-bond donors (Lipinski definition) is 2. The standard InChI is InChI=1S/C31H49NO10/c1-12-20(4)32-31(26(34)35,42-25(33)21(5)19(2)3)16-22-13-14-23(40-27(36)38-17-29(6,7)8)24(15-22)41-28(37)39-18-30(9,10)11/h13-15,19-21,32H,12,16-18H2,1-11H3,(H,34,35)/t20?,21?,31-/m0/s1. The summed E-state index contributed by atoms with van der Waals surface area (Å²) in [5.41, 5.74) is -2.47. The van der Waals surface area contributed by atoms with E-state index in [0.29, 0.717) is 12.0 Å². The number of rotatable bonds is 13. The molecule has 11 nitrogen and oxygen atoms in total. The van der Waals surface area contributed by atoms with Crippen molar-refractivity contribution in [2.24, 2.45) is 22.7 Å². The van der Waals surface area contributed by atoms with Crippen LogP contribution in [0.4, 0.5) is 9.59 Å². The summed E-state index contributed by atoms with van der Waals surface area (Å²) >= 11 is 0. The van der Waals surface area contributed by atoms with Crippen molar-refractivity contribution in [3.05, 3.63) is 23.8 Å². The van der Waals surface area contributed by atoms with Gasteiger partial charge in [0.25, 0.3) is 5.72 Å². The van der Waals surface area contributed by atoms with E-state index in [2.05, 4.69) is 5.32 Å². The lowest BCUT2D eigenvalue weighted by Gasteiger charge is -2.34. The van der Waals surface area contributed by atoms with Crippen molar-refractivity contribution in [2.75, 3.05) is 13.2 Å². The highest BCUT2D eigenvalue weighted by Gasteiger charge is 2.45. The lowest BCUT2D eigenvalue weighted by Crippen LogP contribution is -2.60. The summed E-state index contributed by atoms with van der Waals surface area (Å²) in [5, 5.41) is 13.3. The number of carboxylic acids is 1. The molecule has 0 aliphatic rings. The minimum atomic E-state index is -2.13. The van der Waals surface area contributed by atoms with Gasteiger partial charge >= 0.3 is 24.2 Å². The molecular weight excluding hydrogens is 546 g/mol. The smallest absolute Gasteiger partial charge is 0.477 e. The van der Waals surface area contributed by atoms with E-state index in [9.17, 15) is 24.3 Å². The van der Waals surface area contributed by atoms with Crippen LogP contribution in [0.5, 0.6) is 11.5 Å². The molecule has 0 saturated heterocycles. The summed E-state index contributed by atoms with van der Waals surface area (Å²) in [4.78, 5) is 50.6. The van der Waals surface area contributed by atoms with Gasteiger partial charge in [-0.1, -0.05) is 75.3 Å². The zero-order chi connectivity index (χ0) is 32.5. The number of nitrogens with one attached hydrogen (secondary N) is 1. The number of carbonyl (C=O) groups is 4. The van der Waals surface area contributed by atoms with Crippen LogP contribution in [0.3, 0.4) is 0 Å². The number of carboxylic acid groups (broad SMARTS) is 1. The minimum Gasteiger partial charge on any atom is -0.477 e. The quantitative estimate of drug-likeness (QED) is 0.114. The van der Waals surface area contributed by atoms with Crippen LogP contribution in [-0.2, 0) is 30.2 Å². The van der Waals surface area contributed by atoms with Crippen molar-refractivity contribution in [2.45, 2.75) is 101 Å². The second-order valence-electron chi connectivity index (χ2n) is 13.4. The molecule has 0 fully saturated rings. The van der Waals surface area contributed by atoms with Crippen molar-refractivity contribution in [3.8, 4) is 11.5 Å².